The number of benzene rings is 1. The van der Waals surface area contributed by atoms with E-state index in [2.05, 4.69) is 9.97 Å². The van der Waals surface area contributed by atoms with E-state index in [-0.39, 0.29) is 11.1 Å². The van der Waals surface area contributed by atoms with Crippen molar-refractivity contribution < 1.29 is 4.42 Å². The van der Waals surface area contributed by atoms with Crippen LogP contribution in [0.2, 0.25) is 5.02 Å². The van der Waals surface area contributed by atoms with Crippen LogP contribution < -0.4 is 5.56 Å². The first-order chi connectivity index (χ1) is 10.7. The van der Waals surface area contributed by atoms with Crippen molar-refractivity contribution in [3.63, 3.8) is 0 Å². The average molecular weight is 312 g/mol. The maximum absolute atomic E-state index is 12.8. The van der Waals surface area contributed by atoms with E-state index in [1.807, 2.05) is 19.1 Å². The Morgan fingerprint density at radius 3 is 2.91 bits per heavy atom. The SMILES string of the molecule is Cc1ncccc1-n1c(=O)c2ncoc2c2ccc(Cl)cc21. The molecule has 4 aromatic rings. The lowest BCUT2D eigenvalue weighted by atomic mass is 10.1. The van der Waals surface area contributed by atoms with Crippen LogP contribution in [0.25, 0.3) is 27.7 Å². The minimum absolute atomic E-state index is 0.255. The van der Waals surface area contributed by atoms with Crippen molar-refractivity contribution in [2.75, 3.05) is 0 Å². The van der Waals surface area contributed by atoms with Gasteiger partial charge >= 0.3 is 0 Å². The summed E-state index contributed by atoms with van der Waals surface area (Å²) in [5.74, 6) is 0. The summed E-state index contributed by atoms with van der Waals surface area (Å²) >= 11 is 6.12. The number of oxazole rings is 1. The Balaban J connectivity index is 2.29. The molecule has 0 fully saturated rings. The smallest absolute Gasteiger partial charge is 0.285 e. The molecule has 0 saturated heterocycles. The monoisotopic (exact) mass is 311 g/mol. The molecule has 0 aliphatic carbocycles. The van der Waals surface area contributed by atoms with Crippen LogP contribution in [0.3, 0.4) is 0 Å². The van der Waals surface area contributed by atoms with Crippen molar-refractivity contribution in [2.45, 2.75) is 6.92 Å². The predicted molar refractivity (Wildman–Crippen MR) is 84.7 cm³/mol. The van der Waals surface area contributed by atoms with Gasteiger partial charge in [-0.05, 0) is 37.3 Å². The predicted octanol–water partition coefficient (Wildman–Crippen LogP) is 3.49. The van der Waals surface area contributed by atoms with Gasteiger partial charge in [0.25, 0.3) is 5.56 Å². The van der Waals surface area contributed by atoms with Crippen LogP contribution in [0.1, 0.15) is 5.69 Å². The Morgan fingerprint density at radius 2 is 2.09 bits per heavy atom. The number of aryl methyl sites for hydroxylation is 1. The van der Waals surface area contributed by atoms with Crippen LogP contribution in [-0.4, -0.2) is 14.5 Å². The zero-order valence-corrected chi connectivity index (χ0v) is 12.3. The van der Waals surface area contributed by atoms with Crippen LogP contribution in [0.5, 0.6) is 0 Å². The van der Waals surface area contributed by atoms with E-state index < -0.39 is 0 Å². The van der Waals surface area contributed by atoms with E-state index in [4.69, 9.17) is 16.0 Å². The van der Waals surface area contributed by atoms with Gasteiger partial charge in [-0.3, -0.25) is 14.3 Å². The van der Waals surface area contributed by atoms with Gasteiger partial charge in [-0.15, -0.1) is 0 Å². The number of pyridine rings is 2. The summed E-state index contributed by atoms with van der Waals surface area (Å²) in [6.07, 6.45) is 2.97. The molecule has 0 aliphatic rings. The highest BCUT2D eigenvalue weighted by Crippen LogP contribution is 2.27. The van der Waals surface area contributed by atoms with E-state index >= 15 is 0 Å². The molecule has 0 spiro atoms. The number of aromatic nitrogens is 3. The molecule has 0 atom stereocenters. The number of halogens is 1. The van der Waals surface area contributed by atoms with Crippen molar-refractivity contribution >= 4 is 33.6 Å². The quantitative estimate of drug-likeness (QED) is 0.540. The maximum atomic E-state index is 12.8. The first kappa shape index (κ1) is 13.0. The molecule has 0 N–H and O–H groups in total. The molecule has 0 saturated carbocycles. The minimum atomic E-state index is -0.255. The van der Waals surface area contributed by atoms with Crippen LogP contribution in [0, 0.1) is 6.92 Å². The standard InChI is InChI=1S/C16H10ClN3O2/c1-9-12(3-2-6-18-9)20-13-7-10(17)4-5-11(13)15-14(16(20)21)19-8-22-15/h2-8H,1H3. The summed E-state index contributed by atoms with van der Waals surface area (Å²) < 4.78 is 6.97. The molecule has 0 bridgehead atoms. The van der Waals surface area contributed by atoms with Gasteiger partial charge in [0, 0.05) is 16.6 Å². The van der Waals surface area contributed by atoms with Gasteiger partial charge in [-0.1, -0.05) is 11.6 Å². The average Bonchev–Trinajstić information content (AvgIpc) is 2.99. The Labute approximate surface area is 129 Å². The zero-order valence-electron chi connectivity index (χ0n) is 11.6. The molecule has 4 rings (SSSR count). The molecule has 1 aromatic carbocycles. The third-order valence-electron chi connectivity index (χ3n) is 3.64. The number of hydrogen-bond acceptors (Lipinski definition) is 4. The third kappa shape index (κ3) is 1.76. The molecular weight excluding hydrogens is 302 g/mol. The van der Waals surface area contributed by atoms with Gasteiger partial charge in [-0.2, -0.15) is 0 Å². The van der Waals surface area contributed by atoms with Gasteiger partial charge in [-0.25, -0.2) is 4.98 Å². The fourth-order valence-electron chi connectivity index (χ4n) is 2.64. The lowest BCUT2D eigenvalue weighted by Crippen LogP contribution is -2.20. The Bertz CT molecular complexity index is 1080. The Hall–Kier alpha value is -2.66. The van der Waals surface area contributed by atoms with Crippen LogP contribution in [-0.2, 0) is 0 Å². The molecule has 108 valence electrons. The molecule has 3 heterocycles. The Morgan fingerprint density at radius 1 is 1.23 bits per heavy atom. The van der Waals surface area contributed by atoms with E-state index in [1.54, 1.807) is 29.0 Å². The molecule has 5 nitrogen and oxygen atoms in total. The van der Waals surface area contributed by atoms with E-state index in [0.29, 0.717) is 21.8 Å². The summed E-state index contributed by atoms with van der Waals surface area (Å²) in [6, 6.07) is 8.96. The number of rotatable bonds is 1. The summed E-state index contributed by atoms with van der Waals surface area (Å²) in [4.78, 5) is 21.1. The van der Waals surface area contributed by atoms with Crippen LogP contribution >= 0.6 is 11.6 Å². The van der Waals surface area contributed by atoms with Gasteiger partial charge in [0.1, 0.15) is 0 Å². The second-order valence-electron chi connectivity index (χ2n) is 4.94. The highest BCUT2D eigenvalue weighted by molar-refractivity contribution is 6.31. The molecule has 6 heteroatoms. The molecule has 0 radical (unpaired) electrons. The highest BCUT2D eigenvalue weighted by atomic mass is 35.5. The molecule has 22 heavy (non-hydrogen) atoms. The zero-order chi connectivity index (χ0) is 15.3. The molecular formula is C16H10ClN3O2. The fraction of sp³-hybridized carbons (Fsp3) is 0.0625. The van der Waals surface area contributed by atoms with Crippen molar-refractivity contribution in [3.8, 4) is 5.69 Å². The normalized spacial score (nSPS) is 11.4. The van der Waals surface area contributed by atoms with Crippen molar-refractivity contribution in [1.29, 1.82) is 0 Å². The summed E-state index contributed by atoms with van der Waals surface area (Å²) in [5.41, 5.74) is 2.61. The summed E-state index contributed by atoms with van der Waals surface area (Å²) in [6.45, 7) is 1.85. The largest absolute Gasteiger partial charge is 0.443 e. The lowest BCUT2D eigenvalue weighted by molar-refractivity contribution is 0.605. The number of fused-ring (bicyclic) bond motifs is 3. The van der Waals surface area contributed by atoms with Gasteiger partial charge in [0.2, 0.25) is 0 Å². The van der Waals surface area contributed by atoms with E-state index in [9.17, 15) is 4.79 Å². The third-order valence-corrected chi connectivity index (χ3v) is 3.87. The molecule has 0 amide bonds. The first-order valence-electron chi connectivity index (χ1n) is 6.66. The minimum Gasteiger partial charge on any atom is -0.443 e. The van der Waals surface area contributed by atoms with E-state index in [0.717, 1.165) is 11.1 Å². The molecule has 0 aliphatic heterocycles. The lowest BCUT2D eigenvalue weighted by Gasteiger charge is -2.12. The van der Waals surface area contributed by atoms with Gasteiger partial charge in [0.05, 0.1) is 16.9 Å². The summed E-state index contributed by atoms with van der Waals surface area (Å²) in [5, 5.41) is 1.32. The van der Waals surface area contributed by atoms with E-state index in [1.165, 1.54) is 6.39 Å². The topological polar surface area (TPSA) is 60.9 Å². The number of nitrogens with zero attached hydrogens (tertiary/aromatic N) is 3. The van der Waals surface area contributed by atoms with Gasteiger partial charge in [0.15, 0.2) is 17.5 Å². The van der Waals surface area contributed by atoms with Crippen molar-refractivity contribution in [2.24, 2.45) is 0 Å². The fourth-order valence-corrected chi connectivity index (χ4v) is 2.80. The second-order valence-corrected chi connectivity index (χ2v) is 5.38. The first-order valence-corrected chi connectivity index (χ1v) is 7.04. The van der Waals surface area contributed by atoms with Gasteiger partial charge < -0.3 is 4.42 Å². The number of hydrogen-bond donors (Lipinski definition) is 0. The van der Waals surface area contributed by atoms with Crippen LogP contribution in [0.15, 0.2) is 52.1 Å². The Kier molecular flexibility index (Phi) is 2.77. The van der Waals surface area contributed by atoms with Crippen molar-refractivity contribution in [3.05, 3.63) is 64.0 Å². The van der Waals surface area contributed by atoms with Crippen LogP contribution in [0.4, 0.5) is 0 Å². The van der Waals surface area contributed by atoms with Crippen molar-refractivity contribution in [1.82, 2.24) is 14.5 Å². The summed E-state index contributed by atoms with van der Waals surface area (Å²) in [7, 11) is 0. The highest BCUT2D eigenvalue weighted by Gasteiger charge is 2.17. The second kappa shape index (κ2) is 4.68. The molecule has 0 unspecified atom stereocenters. The molecule has 3 aromatic heterocycles. The maximum Gasteiger partial charge on any atom is 0.285 e.